The molecule has 1 heteroatoms. The molecule has 0 amide bonds. The number of hydrogen-bond donors (Lipinski definition) is 0. The van der Waals surface area contributed by atoms with Gasteiger partial charge >= 0.3 is 0 Å². The molecule has 0 N–H and O–H groups in total. The second-order valence-electron chi connectivity index (χ2n) is 4.04. The van der Waals surface area contributed by atoms with Crippen molar-refractivity contribution >= 4 is 6.08 Å². The fourth-order valence-corrected chi connectivity index (χ4v) is 1.83. The van der Waals surface area contributed by atoms with Gasteiger partial charge in [0.2, 0.25) is 0 Å². The summed E-state index contributed by atoms with van der Waals surface area (Å²) in [4.78, 5) is 0. The smallest absolute Gasteiger partial charge is 0.130 e. The van der Waals surface area contributed by atoms with Gasteiger partial charge in [-0.25, -0.2) is 0 Å². The second kappa shape index (κ2) is 3.16. The van der Waals surface area contributed by atoms with E-state index in [-0.39, 0.29) is 6.10 Å². The van der Waals surface area contributed by atoms with E-state index >= 15 is 0 Å². The Bertz CT molecular complexity index is 402. The molecule has 74 valence electrons. The molecular formula is C13H16O. The quantitative estimate of drug-likeness (QED) is 0.606. The number of ether oxygens (including phenoxy) is 1. The minimum Gasteiger partial charge on any atom is -0.486 e. The van der Waals surface area contributed by atoms with Crippen molar-refractivity contribution in [1.82, 2.24) is 0 Å². The maximum absolute atomic E-state index is 5.81. The van der Waals surface area contributed by atoms with E-state index in [9.17, 15) is 0 Å². The molecule has 0 saturated heterocycles. The van der Waals surface area contributed by atoms with Gasteiger partial charge in [0.15, 0.2) is 0 Å². The molecule has 1 aromatic carbocycles. The first-order chi connectivity index (χ1) is 6.59. The molecule has 1 unspecified atom stereocenters. The van der Waals surface area contributed by atoms with Crippen molar-refractivity contribution in [1.29, 1.82) is 0 Å². The fraction of sp³-hybridized carbons (Fsp3) is 0.385. The first kappa shape index (κ1) is 9.32. The first-order valence-electron chi connectivity index (χ1n) is 5.05. The van der Waals surface area contributed by atoms with E-state index in [1.807, 2.05) is 0 Å². The largest absolute Gasteiger partial charge is 0.486 e. The second-order valence-corrected chi connectivity index (χ2v) is 4.04. The average molecular weight is 188 g/mol. The lowest BCUT2D eigenvalue weighted by Crippen LogP contribution is -2.13. The van der Waals surface area contributed by atoms with Crippen LogP contribution < -0.4 is 4.74 Å². The third kappa shape index (κ3) is 1.33. The highest BCUT2D eigenvalue weighted by Gasteiger charge is 2.15. The van der Waals surface area contributed by atoms with Gasteiger partial charge in [-0.05, 0) is 56.5 Å². The summed E-state index contributed by atoms with van der Waals surface area (Å²) in [5.41, 5.74) is 5.16. The van der Waals surface area contributed by atoms with Gasteiger partial charge in [0.1, 0.15) is 11.9 Å². The molecule has 0 fully saturated rings. The van der Waals surface area contributed by atoms with Crippen LogP contribution in [-0.4, -0.2) is 6.10 Å². The van der Waals surface area contributed by atoms with E-state index in [0.29, 0.717) is 0 Å². The van der Waals surface area contributed by atoms with Crippen molar-refractivity contribution in [3.63, 3.8) is 0 Å². The summed E-state index contributed by atoms with van der Waals surface area (Å²) in [6.45, 7) is 8.49. The van der Waals surface area contributed by atoms with Crippen molar-refractivity contribution in [2.45, 2.75) is 33.8 Å². The molecule has 1 atom stereocenters. The number of aryl methyl sites for hydroxylation is 1. The Labute approximate surface area is 85.4 Å². The van der Waals surface area contributed by atoms with Crippen LogP contribution >= 0.6 is 0 Å². The molecule has 1 aliphatic heterocycles. The van der Waals surface area contributed by atoms with Gasteiger partial charge in [-0.15, -0.1) is 0 Å². The minimum absolute atomic E-state index is 0.198. The summed E-state index contributed by atoms with van der Waals surface area (Å²) >= 11 is 0. The van der Waals surface area contributed by atoms with E-state index < -0.39 is 0 Å². The zero-order valence-corrected chi connectivity index (χ0v) is 9.22. The fourth-order valence-electron chi connectivity index (χ4n) is 1.83. The Morgan fingerprint density at radius 3 is 2.57 bits per heavy atom. The van der Waals surface area contributed by atoms with Crippen molar-refractivity contribution in [2.24, 2.45) is 0 Å². The Morgan fingerprint density at radius 2 is 1.86 bits per heavy atom. The van der Waals surface area contributed by atoms with Gasteiger partial charge in [-0.3, -0.25) is 0 Å². The van der Waals surface area contributed by atoms with Crippen LogP contribution in [0.4, 0.5) is 0 Å². The Kier molecular flexibility index (Phi) is 2.10. The van der Waals surface area contributed by atoms with Crippen LogP contribution in [0.1, 0.15) is 29.2 Å². The number of fused-ring (bicyclic) bond motifs is 1. The highest BCUT2D eigenvalue weighted by atomic mass is 16.5. The standard InChI is InChI=1S/C13H16O/c1-8-7-12-6-5-9(2)14-13(12)11(4)10(8)3/h5-7,9H,1-4H3. The highest BCUT2D eigenvalue weighted by Crippen LogP contribution is 2.33. The predicted molar refractivity (Wildman–Crippen MR) is 59.8 cm³/mol. The lowest BCUT2D eigenvalue weighted by molar-refractivity contribution is 0.264. The van der Waals surface area contributed by atoms with Crippen LogP contribution in [-0.2, 0) is 0 Å². The zero-order chi connectivity index (χ0) is 10.3. The van der Waals surface area contributed by atoms with Gasteiger partial charge < -0.3 is 4.74 Å². The lowest BCUT2D eigenvalue weighted by Gasteiger charge is -2.22. The SMILES string of the molecule is Cc1cc2c(c(C)c1C)OC(C)C=C2. The number of rotatable bonds is 0. The summed E-state index contributed by atoms with van der Waals surface area (Å²) in [6, 6.07) is 2.19. The molecule has 0 aromatic heterocycles. The van der Waals surface area contributed by atoms with Crippen LogP contribution in [0, 0.1) is 20.8 Å². The normalized spacial score (nSPS) is 19.0. The van der Waals surface area contributed by atoms with Crippen LogP contribution in [0.5, 0.6) is 5.75 Å². The molecule has 0 spiro atoms. The molecule has 1 heterocycles. The van der Waals surface area contributed by atoms with Crippen molar-refractivity contribution in [2.75, 3.05) is 0 Å². The molecule has 2 rings (SSSR count). The van der Waals surface area contributed by atoms with Crippen LogP contribution in [0.15, 0.2) is 12.1 Å². The minimum atomic E-state index is 0.198. The summed E-state index contributed by atoms with van der Waals surface area (Å²) in [5, 5.41) is 0. The van der Waals surface area contributed by atoms with Gasteiger partial charge in [0.25, 0.3) is 0 Å². The molecule has 1 aromatic rings. The summed E-state index contributed by atoms with van der Waals surface area (Å²) in [7, 11) is 0. The van der Waals surface area contributed by atoms with E-state index in [1.165, 1.54) is 22.3 Å². The van der Waals surface area contributed by atoms with E-state index in [1.54, 1.807) is 0 Å². The molecule has 0 aliphatic carbocycles. The summed E-state index contributed by atoms with van der Waals surface area (Å²) in [5.74, 6) is 1.06. The maximum Gasteiger partial charge on any atom is 0.130 e. The first-order valence-corrected chi connectivity index (χ1v) is 5.05. The maximum atomic E-state index is 5.81. The molecule has 0 bridgehead atoms. The third-order valence-electron chi connectivity index (χ3n) is 2.98. The predicted octanol–water partition coefficient (Wildman–Crippen LogP) is 3.41. The monoisotopic (exact) mass is 188 g/mol. The Hall–Kier alpha value is -1.24. The summed E-state index contributed by atoms with van der Waals surface area (Å²) < 4.78 is 5.81. The van der Waals surface area contributed by atoms with Gasteiger partial charge in [-0.1, -0.05) is 6.08 Å². The molecular weight excluding hydrogens is 172 g/mol. The number of benzene rings is 1. The van der Waals surface area contributed by atoms with E-state index in [0.717, 1.165) is 5.75 Å². The van der Waals surface area contributed by atoms with Gasteiger partial charge in [-0.2, -0.15) is 0 Å². The summed E-state index contributed by atoms with van der Waals surface area (Å²) in [6.07, 6.45) is 4.45. The molecule has 0 radical (unpaired) electrons. The van der Waals surface area contributed by atoms with Crippen LogP contribution in [0.2, 0.25) is 0 Å². The molecule has 1 aliphatic rings. The van der Waals surface area contributed by atoms with Crippen molar-refractivity contribution < 1.29 is 4.74 Å². The Morgan fingerprint density at radius 1 is 1.14 bits per heavy atom. The van der Waals surface area contributed by atoms with E-state index in [4.69, 9.17) is 4.74 Å². The van der Waals surface area contributed by atoms with Crippen molar-refractivity contribution in [3.8, 4) is 5.75 Å². The highest BCUT2D eigenvalue weighted by molar-refractivity contribution is 5.65. The van der Waals surface area contributed by atoms with Gasteiger partial charge in [0.05, 0.1) is 0 Å². The van der Waals surface area contributed by atoms with E-state index in [2.05, 4.69) is 45.9 Å². The van der Waals surface area contributed by atoms with Crippen LogP contribution in [0.25, 0.3) is 6.08 Å². The van der Waals surface area contributed by atoms with Crippen molar-refractivity contribution in [3.05, 3.63) is 34.4 Å². The third-order valence-corrected chi connectivity index (χ3v) is 2.98. The molecule has 0 saturated carbocycles. The van der Waals surface area contributed by atoms with Crippen LogP contribution in [0.3, 0.4) is 0 Å². The Balaban J connectivity index is 2.63. The topological polar surface area (TPSA) is 9.23 Å². The zero-order valence-electron chi connectivity index (χ0n) is 9.22. The lowest BCUT2D eigenvalue weighted by atomic mass is 9.97. The molecule has 1 nitrogen and oxygen atoms in total. The average Bonchev–Trinajstić information content (AvgIpc) is 2.16. The van der Waals surface area contributed by atoms with Gasteiger partial charge in [0, 0.05) is 5.56 Å². The molecule has 14 heavy (non-hydrogen) atoms. The number of hydrogen-bond acceptors (Lipinski definition) is 1.